The number of halogens is 2. The number of morpholine rings is 1. The summed E-state index contributed by atoms with van der Waals surface area (Å²) in [4.78, 5) is 23.4. The molecule has 0 unspecified atom stereocenters. The Bertz CT molecular complexity index is 3520. The number of rotatable bonds is 15. The third-order valence-corrected chi connectivity index (χ3v) is 14.6. The summed E-state index contributed by atoms with van der Waals surface area (Å²) in [5.41, 5.74) is 0.197. The smallest absolute Gasteiger partial charge is 0.315 e. The van der Waals surface area contributed by atoms with E-state index in [0.717, 1.165) is 8.61 Å². The van der Waals surface area contributed by atoms with Crippen molar-refractivity contribution in [1.82, 2.24) is 34.8 Å². The minimum atomic E-state index is -4.60. The largest absolute Gasteiger partial charge is 0.456 e. The van der Waals surface area contributed by atoms with Gasteiger partial charge in [-0.15, -0.1) is 6.58 Å². The summed E-state index contributed by atoms with van der Waals surface area (Å²) in [7, 11) is -9.01. The third-order valence-electron chi connectivity index (χ3n) is 10.5. The van der Waals surface area contributed by atoms with Crippen LogP contribution in [0.5, 0.6) is 23.0 Å². The van der Waals surface area contributed by atoms with E-state index < -0.39 is 140 Å². The topological polar surface area (TPSA) is 236 Å². The first-order valence-corrected chi connectivity index (χ1v) is 25.3. The van der Waals surface area contributed by atoms with Crippen molar-refractivity contribution in [1.29, 1.82) is 10.5 Å². The van der Waals surface area contributed by atoms with Gasteiger partial charge in [0.1, 0.15) is 32.8 Å². The zero-order chi connectivity index (χ0) is 63.5. The fraction of sp³-hybridized carbons (Fsp3) is 0.388. The highest BCUT2D eigenvalue weighted by Crippen LogP contribution is 2.36. The highest BCUT2D eigenvalue weighted by Gasteiger charge is 2.34. The van der Waals surface area contributed by atoms with Crippen molar-refractivity contribution in [3.63, 3.8) is 0 Å². The van der Waals surface area contributed by atoms with E-state index in [9.17, 15) is 36.9 Å². The molecule has 3 aliphatic rings. The molecule has 0 saturated carbocycles. The molecule has 4 aromatic rings. The molecule has 0 aromatic heterocycles. The predicted octanol–water partition coefficient (Wildman–Crippen LogP) is 7.05. The summed E-state index contributed by atoms with van der Waals surface area (Å²) in [6.45, 7) is -6.72. The van der Waals surface area contributed by atoms with Gasteiger partial charge in [0.25, 0.3) is 0 Å². The lowest BCUT2D eigenvalue weighted by Crippen LogP contribution is -2.50. The Hall–Kier alpha value is -5.94. The maximum absolute atomic E-state index is 13.9. The molecule has 7 rings (SSSR count). The standard InChI is InChI=1S/C26H32ClN5O5S.C23H25ClN4O4S/c1-19-14-21(27)17-23(15-19)37-24-3-2-20(18-28)16-25(24)38(34,35)32-7-4-22(5-8-32)30-26(33)29-6-9-31-10-12-36-13-11-31;1-3-8-26-23(29)27-19-6-9-28(10-7-19)33(30,31)22-13-17(15-25)4-5-21(22)32-20-12-16(2)11-18(24)14-20/h2-3,14-17,22H,4-13H2,1H3,(H2,29,30,33);3-5,11-14,19H,1,6-10H2,2H3,(H2,26,27,29)/i2D,3D,10D2,11D2,12D2,13D2,16D;4D,5D,13D. The Kier molecular flexibility index (Phi) is 13.5. The molecule has 4 amide bonds. The van der Waals surface area contributed by atoms with Crippen LogP contribution in [0.3, 0.4) is 0 Å². The van der Waals surface area contributed by atoms with E-state index in [1.807, 2.05) is 0 Å². The van der Waals surface area contributed by atoms with Gasteiger partial charge in [0, 0.05) is 86.4 Å². The SMILES string of the molecule is [2H]c1c([2H])c(Oc2cc(C)cc(Cl)c2)c(S(=O)(=O)N2CCC(NC(=O)NCC=C)CC2)c([2H])c1C#N.[2H]c1c([2H])c(Oc2cc(C)cc(Cl)c2)c(S(=O)(=O)N2CCC(NC(=O)NCCN3C([2H])([2H])C([2H])([2H])OC([2H])([2H])C3([2H])[2H])CC2)c([2H])c1C#N. The first kappa shape index (κ1) is 37.8. The van der Waals surface area contributed by atoms with E-state index >= 15 is 0 Å². The number of urea groups is 2. The molecule has 18 nitrogen and oxygen atoms in total. The second-order valence-electron chi connectivity index (χ2n) is 15.8. The molecule has 0 bridgehead atoms. The number of carbonyl (C=O) groups excluding carboxylic acids is 2. The van der Waals surface area contributed by atoms with E-state index in [1.54, 1.807) is 44.2 Å². The summed E-state index contributed by atoms with van der Waals surface area (Å²) >= 11 is 12.2. The van der Waals surface area contributed by atoms with Gasteiger partial charge in [0.05, 0.1) is 50.1 Å². The van der Waals surface area contributed by atoms with Crippen LogP contribution >= 0.6 is 23.2 Å². The van der Waals surface area contributed by atoms with Crippen LogP contribution in [0.15, 0.2) is 95.1 Å². The van der Waals surface area contributed by atoms with Gasteiger partial charge < -0.3 is 35.5 Å². The van der Waals surface area contributed by atoms with Gasteiger partial charge in [-0.2, -0.15) is 19.1 Å². The number of ether oxygens (including phenoxy) is 3. The fourth-order valence-corrected chi connectivity index (χ4v) is 10.7. The molecule has 71 heavy (non-hydrogen) atoms. The third kappa shape index (κ3) is 15.5. The Morgan fingerprint density at radius 1 is 0.761 bits per heavy atom. The summed E-state index contributed by atoms with van der Waals surface area (Å²) in [5.74, 6) is -0.965. The molecular weight excluding hydrogens is 994 g/mol. The van der Waals surface area contributed by atoms with Crippen LogP contribution in [0.1, 0.15) is 67.1 Å². The van der Waals surface area contributed by atoms with Crippen LogP contribution in [0.25, 0.3) is 0 Å². The van der Waals surface area contributed by atoms with Gasteiger partial charge in [-0.05, 0) is 123 Å². The van der Waals surface area contributed by atoms with E-state index in [2.05, 4.69) is 32.6 Å². The van der Waals surface area contributed by atoms with Crippen LogP contribution in [0.2, 0.25) is 10.0 Å². The molecular formula is C49H57Cl2N9O9S2. The van der Waals surface area contributed by atoms with Crippen molar-refractivity contribution in [3.05, 3.63) is 118 Å². The average Bonchev–Trinajstić information content (AvgIpc) is 1.55. The maximum Gasteiger partial charge on any atom is 0.315 e. The predicted molar refractivity (Wildman–Crippen MR) is 269 cm³/mol. The average molecular weight is 1070 g/mol. The first-order chi connectivity index (χ1) is 39.5. The number of hydrogen-bond donors (Lipinski definition) is 4. The number of carbonyl (C=O) groups is 2. The molecule has 3 fully saturated rings. The maximum atomic E-state index is 13.9. The van der Waals surface area contributed by atoms with Gasteiger partial charge in [-0.1, -0.05) is 29.3 Å². The van der Waals surface area contributed by atoms with Crippen molar-refractivity contribution in [2.45, 2.75) is 61.4 Å². The minimum absolute atomic E-state index is 0.0295. The minimum Gasteiger partial charge on any atom is -0.456 e. The Morgan fingerprint density at radius 2 is 1.20 bits per heavy atom. The second kappa shape index (κ2) is 25.4. The number of nitriles is 2. The van der Waals surface area contributed by atoms with Crippen LogP contribution in [0, 0.1) is 36.5 Å². The molecule has 3 saturated heterocycles. The molecule has 4 aromatic carbocycles. The lowest BCUT2D eigenvalue weighted by Gasteiger charge is -2.32. The zero-order valence-corrected chi connectivity index (χ0v) is 41.3. The Morgan fingerprint density at radius 3 is 1.61 bits per heavy atom. The normalized spacial score (nSPS) is 21.9. The highest BCUT2D eigenvalue weighted by molar-refractivity contribution is 7.89. The Labute approximate surface area is 445 Å². The molecule has 0 aliphatic carbocycles. The molecule has 3 aliphatic heterocycles. The first-order valence-electron chi connectivity index (χ1n) is 28.6. The van der Waals surface area contributed by atoms with Gasteiger partial charge in [0.15, 0.2) is 0 Å². The van der Waals surface area contributed by atoms with Gasteiger partial charge >= 0.3 is 12.1 Å². The quantitative estimate of drug-likeness (QED) is 0.0878. The summed E-state index contributed by atoms with van der Waals surface area (Å²) in [5, 5.41) is 30.0. The number of aryl methyl sites for hydroxylation is 2. The van der Waals surface area contributed by atoms with Crippen molar-refractivity contribution in [2.75, 3.05) is 71.9 Å². The number of piperidine rings is 2. The van der Waals surface area contributed by atoms with E-state index in [1.165, 1.54) is 24.3 Å². The van der Waals surface area contributed by atoms with Gasteiger partial charge in [0.2, 0.25) is 20.0 Å². The number of benzene rings is 4. The van der Waals surface area contributed by atoms with Gasteiger partial charge in [-0.3, -0.25) is 4.90 Å². The highest BCUT2D eigenvalue weighted by atomic mass is 35.5. The molecule has 0 spiro atoms. The van der Waals surface area contributed by atoms with Crippen molar-refractivity contribution < 1.29 is 59.8 Å². The summed E-state index contributed by atoms with van der Waals surface area (Å²) in [6.07, 6.45) is 2.32. The summed E-state index contributed by atoms with van der Waals surface area (Å²) in [6, 6.07) is 6.23. The van der Waals surface area contributed by atoms with E-state index in [4.69, 9.17) is 51.9 Å². The van der Waals surface area contributed by atoms with E-state index in [-0.39, 0.29) is 67.6 Å². The molecule has 22 heteroatoms. The van der Waals surface area contributed by atoms with E-state index in [0.29, 0.717) is 40.4 Å². The molecule has 3 heterocycles. The molecule has 0 atom stereocenters. The van der Waals surface area contributed by atoms with Crippen molar-refractivity contribution >= 4 is 55.3 Å². The lowest BCUT2D eigenvalue weighted by atomic mass is 10.1. The number of nitrogens with zero attached hydrogens (tertiary/aromatic N) is 5. The fourth-order valence-electron chi connectivity index (χ4n) is 7.11. The van der Waals surface area contributed by atoms with Crippen molar-refractivity contribution in [2.24, 2.45) is 0 Å². The Balaban J connectivity index is 0.000000285. The summed E-state index contributed by atoms with van der Waals surface area (Å²) < 4.78 is 186. The van der Waals surface area contributed by atoms with Crippen LogP contribution < -0.4 is 30.7 Å². The number of nitrogens with one attached hydrogen (secondary N) is 4. The van der Waals surface area contributed by atoms with Crippen LogP contribution in [-0.2, 0) is 24.8 Å². The zero-order valence-electron chi connectivity index (χ0n) is 52.2. The molecule has 4 N–H and O–H groups in total. The second-order valence-corrected chi connectivity index (χ2v) is 20.4. The molecule has 0 radical (unpaired) electrons. The number of sulfonamides is 2. The monoisotopic (exact) mass is 1060 g/mol. The van der Waals surface area contributed by atoms with Crippen LogP contribution in [-0.4, -0.2) is 126 Å². The van der Waals surface area contributed by atoms with Gasteiger partial charge in [-0.25, -0.2) is 26.4 Å². The van der Waals surface area contributed by atoms with Crippen molar-refractivity contribution in [3.8, 4) is 35.1 Å². The molecule has 378 valence electrons. The van der Waals surface area contributed by atoms with Crippen LogP contribution in [0.4, 0.5) is 9.59 Å². The number of hydrogen-bond acceptors (Lipinski definition) is 12. The number of amides is 4. The lowest BCUT2D eigenvalue weighted by molar-refractivity contribution is 0.0387.